The number of hydrogen-bond donors (Lipinski definition) is 1. The van der Waals surface area contributed by atoms with Crippen LogP contribution in [-0.4, -0.2) is 8.42 Å². The molecule has 0 amide bonds. The van der Waals surface area contributed by atoms with Crippen LogP contribution in [0.25, 0.3) is 0 Å². The van der Waals surface area contributed by atoms with Gasteiger partial charge in [0.25, 0.3) is 0 Å². The van der Waals surface area contributed by atoms with Gasteiger partial charge in [0, 0.05) is 0 Å². The Bertz CT molecular complexity index is 411. The van der Waals surface area contributed by atoms with E-state index < -0.39 is 16.6 Å². The number of primary sulfonamides is 1. The minimum Gasteiger partial charge on any atom is -0.232 e. The SMILES string of the molecule is Cc1ccc(S(N)(=O)=O)cc1C[O]. The second-order valence-electron chi connectivity index (χ2n) is 2.78. The minimum atomic E-state index is -3.69. The van der Waals surface area contributed by atoms with E-state index in [9.17, 15) is 13.5 Å². The molecule has 1 aromatic rings. The van der Waals surface area contributed by atoms with Gasteiger partial charge >= 0.3 is 0 Å². The molecule has 4 nitrogen and oxygen atoms in total. The molecule has 5 heteroatoms. The van der Waals surface area contributed by atoms with Gasteiger partial charge in [-0.15, -0.1) is 0 Å². The maximum atomic E-state index is 10.9. The lowest BCUT2D eigenvalue weighted by Gasteiger charge is -2.03. The van der Waals surface area contributed by atoms with E-state index in [1.807, 2.05) is 0 Å². The third-order valence-electron chi connectivity index (χ3n) is 1.80. The van der Waals surface area contributed by atoms with Crippen molar-refractivity contribution >= 4 is 10.0 Å². The van der Waals surface area contributed by atoms with Crippen LogP contribution in [-0.2, 0) is 21.7 Å². The van der Waals surface area contributed by atoms with Gasteiger partial charge < -0.3 is 0 Å². The Morgan fingerprint density at radius 1 is 1.38 bits per heavy atom. The van der Waals surface area contributed by atoms with E-state index in [1.165, 1.54) is 12.1 Å². The Hall–Kier alpha value is -0.910. The molecule has 71 valence electrons. The number of benzene rings is 1. The summed E-state index contributed by atoms with van der Waals surface area (Å²) in [5.41, 5.74) is 1.24. The average Bonchev–Trinajstić information content (AvgIpc) is 2.03. The molecule has 0 saturated heterocycles. The van der Waals surface area contributed by atoms with E-state index in [0.717, 1.165) is 5.56 Å². The molecule has 0 bridgehead atoms. The molecule has 0 spiro atoms. The van der Waals surface area contributed by atoms with Gasteiger partial charge in [-0.05, 0) is 30.2 Å². The van der Waals surface area contributed by atoms with Gasteiger partial charge in [-0.25, -0.2) is 18.7 Å². The third-order valence-corrected chi connectivity index (χ3v) is 2.72. The molecule has 0 aliphatic rings. The van der Waals surface area contributed by atoms with Crippen molar-refractivity contribution in [3.05, 3.63) is 29.3 Å². The Balaban J connectivity index is 3.30. The monoisotopic (exact) mass is 200 g/mol. The van der Waals surface area contributed by atoms with E-state index in [2.05, 4.69) is 0 Å². The van der Waals surface area contributed by atoms with Crippen LogP contribution in [0.5, 0.6) is 0 Å². The molecule has 2 N–H and O–H groups in total. The van der Waals surface area contributed by atoms with Gasteiger partial charge in [-0.2, -0.15) is 0 Å². The van der Waals surface area contributed by atoms with Gasteiger partial charge in [0.05, 0.1) is 4.90 Å². The second-order valence-corrected chi connectivity index (χ2v) is 4.34. The molecular formula is C8H10NO3S. The molecule has 1 rings (SSSR count). The maximum Gasteiger partial charge on any atom is 0.238 e. The van der Waals surface area contributed by atoms with Crippen LogP contribution in [0.3, 0.4) is 0 Å². The van der Waals surface area contributed by atoms with Gasteiger partial charge in [0.15, 0.2) is 0 Å². The summed E-state index contributed by atoms with van der Waals surface area (Å²) in [6, 6.07) is 4.29. The molecule has 0 saturated carbocycles. The van der Waals surface area contributed by atoms with Crippen LogP contribution in [0.2, 0.25) is 0 Å². The Labute approximate surface area is 77.1 Å². The molecule has 0 heterocycles. The van der Waals surface area contributed by atoms with Gasteiger partial charge in [-0.3, -0.25) is 0 Å². The second kappa shape index (κ2) is 3.45. The first-order chi connectivity index (χ1) is 5.95. The van der Waals surface area contributed by atoms with Crippen LogP contribution in [0, 0.1) is 6.92 Å². The lowest BCUT2D eigenvalue weighted by atomic mass is 10.1. The van der Waals surface area contributed by atoms with Crippen molar-refractivity contribution in [2.75, 3.05) is 0 Å². The van der Waals surface area contributed by atoms with Crippen LogP contribution >= 0.6 is 0 Å². The van der Waals surface area contributed by atoms with Crippen LogP contribution in [0.4, 0.5) is 0 Å². The first kappa shape index (κ1) is 10.2. The summed E-state index contributed by atoms with van der Waals surface area (Å²) in [4.78, 5) is -0.0102. The van der Waals surface area contributed by atoms with Crippen LogP contribution in [0.15, 0.2) is 23.1 Å². The molecule has 0 atom stereocenters. The number of nitrogens with two attached hydrogens (primary N) is 1. The summed E-state index contributed by atoms with van der Waals surface area (Å²) in [5.74, 6) is 0. The van der Waals surface area contributed by atoms with E-state index >= 15 is 0 Å². The maximum absolute atomic E-state index is 10.9. The minimum absolute atomic E-state index is 0.0102. The standard InChI is InChI=1S/C8H10NO3S/c1-6-2-3-8(13(9,11)12)4-7(6)5-10/h2-4H,5H2,1H3,(H2,9,11,12). The normalized spacial score (nSPS) is 11.6. The molecule has 1 radical (unpaired) electrons. The molecule has 0 fully saturated rings. The van der Waals surface area contributed by atoms with Crippen molar-refractivity contribution < 1.29 is 13.5 Å². The van der Waals surface area contributed by atoms with E-state index in [4.69, 9.17) is 5.14 Å². The molecule has 0 unspecified atom stereocenters. The first-order valence-electron chi connectivity index (χ1n) is 3.65. The number of aryl methyl sites for hydroxylation is 1. The lowest BCUT2D eigenvalue weighted by molar-refractivity contribution is 0.177. The fraction of sp³-hybridized carbons (Fsp3) is 0.250. The summed E-state index contributed by atoms with van der Waals surface area (Å²) in [5, 5.41) is 15.5. The highest BCUT2D eigenvalue weighted by molar-refractivity contribution is 7.89. The lowest BCUT2D eigenvalue weighted by Crippen LogP contribution is -2.12. The van der Waals surface area contributed by atoms with Crippen molar-refractivity contribution in [2.24, 2.45) is 5.14 Å². The van der Waals surface area contributed by atoms with Gasteiger partial charge in [0.1, 0.15) is 6.61 Å². The highest BCUT2D eigenvalue weighted by Crippen LogP contribution is 2.14. The van der Waals surface area contributed by atoms with E-state index in [-0.39, 0.29) is 4.90 Å². The summed E-state index contributed by atoms with van der Waals surface area (Å²) in [6.07, 6.45) is 0. The fourth-order valence-corrected chi connectivity index (χ4v) is 1.54. The smallest absolute Gasteiger partial charge is 0.232 e. The first-order valence-corrected chi connectivity index (χ1v) is 5.20. The van der Waals surface area contributed by atoms with Gasteiger partial charge in [-0.1, -0.05) is 6.07 Å². The predicted molar refractivity (Wildman–Crippen MR) is 46.9 cm³/mol. The van der Waals surface area contributed by atoms with Crippen molar-refractivity contribution in [2.45, 2.75) is 18.4 Å². The van der Waals surface area contributed by atoms with Gasteiger partial charge in [0.2, 0.25) is 10.0 Å². The quantitative estimate of drug-likeness (QED) is 0.757. The zero-order chi connectivity index (χ0) is 10.1. The van der Waals surface area contributed by atoms with Crippen molar-refractivity contribution in [3.8, 4) is 0 Å². The van der Waals surface area contributed by atoms with E-state index in [0.29, 0.717) is 5.56 Å². The Morgan fingerprint density at radius 2 is 2.00 bits per heavy atom. The summed E-state index contributed by atoms with van der Waals surface area (Å²) in [6.45, 7) is 1.31. The zero-order valence-electron chi connectivity index (χ0n) is 7.15. The predicted octanol–water partition coefficient (Wildman–Crippen LogP) is 0.573. The Morgan fingerprint density at radius 3 is 2.46 bits per heavy atom. The number of sulfonamides is 1. The third kappa shape index (κ3) is 2.27. The largest absolute Gasteiger partial charge is 0.238 e. The molecule has 0 aliphatic heterocycles. The average molecular weight is 200 g/mol. The zero-order valence-corrected chi connectivity index (χ0v) is 7.97. The highest BCUT2D eigenvalue weighted by Gasteiger charge is 2.09. The molecule has 1 aromatic carbocycles. The topological polar surface area (TPSA) is 80.1 Å². The molecular weight excluding hydrogens is 190 g/mol. The van der Waals surface area contributed by atoms with E-state index in [1.54, 1.807) is 13.0 Å². The number of hydrogen-bond acceptors (Lipinski definition) is 2. The van der Waals surface area contributed by atoms with Crippen LogP contribution in [0.1, 0.15) is 11.1 Å². The highest BCUT2D eigenvalue weighted by atomic mass is 32.2. The molecule has 13 heavy (non-hydrogen) atoms. The van der Waals surface area contributed by atoms with Crippen molar-refractivity contribution in [3.63, 3.8) is 0 Å². The molecule has 0 aliphatic carbocycles. The van der Waals surface area contributed by atoms with Crippen molar-refractivity contribution in [1.82, 2.24) is 0 Å². The fourth-order valence-electron chi connectivity index (χ4n) is 0.980. The molecule has 0 aromatic heterocycles. The van der Waals surface area contributed by atoms with Crippen LogP contribution < -0.4 is 5.14 Å². The summed E-state index contributed by atoms with van der Waals surface area (Å²) >= 11 is 0. The Kier molecular flexibility index (Phi) is 2.70. The van der Waals surface area contributed by atoms with Crippen molar-refractivity contribution in [1.29, 1.82) is 0 Å². The summed E-state index contributed by atoms with van der Waals surface area (Å²) in [7, 11) is -3.69. The summed E-state index contributed by atoms with van der Waals surface area (Å²) < 4.78 is 21.8. The number of rotatable bonds is 2.